The maximum Gasteiger partial charge on any atom is 0.451 e. The van der Waals surface area contributed by atoms with Crippen molar-refractivity contribution in [1.82, 2.24) is 19.5 Å². The molecule has 0 bridgehead atoms. The predicted molar refractivity (Wildman–Crippen MR) is 76.2 cm³/mol. The third-order valence-corrected chi connectivity index (χ3v) is 4.00. The number of anilines is 1. The molecule has 0 atom stereocenters. The van der Waals surface area contributed by atoms with Crippen LogP contribution >= 0.6 is 11.3 Å². The lowest BCUT2D eigenvalue weighted by Gasteiger charge is -2.08. The van der Waals surface area contributed by atoms with Crippen LogP contribution in [0.5, 0.6) is 0 Å². The van der Waals surface area contributed by atoms with Gasteiger partial charge in [0.05, 0.1) is 11.9 Å². The van der Waals surface area contributed by atoms with Crippen LogP contribution in [0, 0.1) is 0 Å². The van der Waals surface area contributed by atoms with E-state index < -0.39 is 12.0 Å². The van der Waals surface area contributed by atoms with Crippen LogP contribution in [0.25, 0.3) is 16.9 Å². The van der Waals surface area contributed by atoms with E-state index in [1.807, 2.05) is 16.8 Å². The van der Waals surface area contributed by atoms with E-state index in [9.17, 15) is 13.2 Å². The van der Waals surface area contributed by atoms with E-state index in [2.05, 4.69) is 20.3 Å². The lowest BCUT2D eigenvalue weighted by molar-refractivity contribution is -0.144. The van der Waals surface area contributed by atoms with Crippen LogP contribution in [0.2, 0.25) is 0 Å². The van der Waals surface area contributed by atoms with Crippen LogP contribution in [0.15, 0.2) is 23.0 Å². The minimum atomic E-state index is -4.58. The standard InChI is InChI=1S/C13H10F3N5S/c14-13(15,16)11-17-5-9-10(20-11)21(8-3-4-22-6-8)12(19-9)18-7-1-2-7/h3-7H,1-2H2,(H,18,19). The number of thiophene rings is 1. The Bertz CT molecular complexity index is 820. The fourth-order valence-corrected chi connectivity index (χ4v) is 2.77. The van der Waals surface area contributed by atoms with Gasteiger partial charge in [0.1, 0.15) is 5.52 Å². The number of nitrogens with zero attached hydrogens (tertiary/aromatic N) is 4. The van der Waals surface area contributed by atoms with Gasteiger partial charge in [0.25, 0.3) is 0 Å². The first-order valence-electron chi connectivity index (χ1n) is 6.64. The lowest BCUT2D eigenvalue weighted by Crippen LogP contribution is -2.12. The highest BCUT2D eigenvalue weighted by Gasteiger charge is 2.35. The molecule has 9 heteroatoms. The van der Waals surface area contributed by atoms with Gasteiger partial charge in [0, 0.05) is 11.4 Å². The first-order valence-corrected chi connectivity index (χ1v) is 7.58. The molecule has 1 fully saturated rings. The average Bonchev–Trinajstić information content (AvgIpc) is 2.98. The molecule has 1 aliphatic rings. The predicted octanol–water partition coefficient (Wildman–Crippen LogP) is 3.47. The Morgan fingerprint density at radius 3 is 2.73 bits per heavy atom. The Kier molecular flexibility index (Phi) is 2.86. The molecule has 114 valence electrons. The molecule has 4 rings (SSSR count). The first-order chi connectivity index (χ1) is 10.5. The average molecular weight is 325 g/mol. The number of aromatic nitrogens is 4. The van der Waals surface area contributed by atoms with Crippen LogP contribution < -0.4 is 5.32 Å². The number of hydrogen-bond acceptors (Lipinski definition) is 5. The number of imidazole rings is 1. The highest BCUT2D eigenvalue weighted by Crippen LogP contribution is 2.31. The third-order valence-electron chi connectivity index (χ3n) is 3.33. The second-order valence-corrected chi connectivity index (χ2v) is 5.85. The van der Waals surface area contributed by atoms with Crippen molar-refractivity contribution in [3.63, 3.8) is 0 Å². The van der Waals surface area contributed by atoms with Crippen LogP contribution in [-0.2, 0) is 6.18 Å². The molecule has 0 radical (unpaired) electrons. The van der Waals surface area contributed by atoms with Crippen LogP contribution in [-0.4, -0.2) is 25.6 Å². The molecule has 0 aliphatic heterocycles. The summed E-state index contributed by atoms with van der Waals surface area (Å²) in [5, 5.41) is 6.92. The topological polar surface area (TPSA) is 55.6 Å². The Morgan fingerprint density at radius 1 is 1.27 bits per heavy atom. The summed E-state index contributed by atoms with van der Waals surface area (Å²) in [6.07, 6.45) is -1.40. The summed E-state index contributed by atoms with van der Waals surface area (Å²) in [6, 6.07) is 2.14. The van der Waals surface area contributed by atoms with Crippen LogP contribution in [0.3, 0.4) is 0 Å². The molecule has 0 spiro atoms. The first kappa shape index (κ1) is 13.5. The van der Waals surface area contributed by atoms with Gasteiger partial charge in [-0.25, -0.2) is 15.0 Å². The zero-order valence-electron chi connectivity index (χ0n) is 11.1. The molecular weight excluding hydrogens is 315 g/mol. The van der Waals surface area contributed by atoms with E-state index in [1.54, 1.807) is 4.57 Å². The van der Waals surface area contributed by atoms with E-state index in [-0.39, 0.29) is 5.65 Å². The third kappa shape index (κ3) is 2.31. The van der Waals surface area contributed by atoms with Gasteiger partial charge in [-0.05, 0) is 24.3 Å². The second-order valence-electron chi connectivity index (χ2n) is 5.07. The van der Waals surface area contributed by atoms with Gasteiger partial charge in [0.15, 0.2) is 5.65 Å². The van der Waals surface area contributed by atoms with E-state index in [4.69, 9.17) is 0 Å². The smallest absolute Gasteiger partial charge is 0.353 e. The van der Waals surface area contributed by atoms with Gasteiger partial charge < -0.3 is 5.32 Å². The summed E-state index contributed by atoms with van der Waals surface area (Å²) in [6.45, 7) is 0. The van der Waals surface area contributed by atoms with Gasteiger partial charge in [-0.15, -0.1) is 0 Å². The molecule has 1 N–H and O–H groups in total. The monoisotopic (exact) mass is 325 g/mol. The summed E-state index contributed by atoms with van der Waals surface area (Å²) in [7, 11) is 0. The van der Waals surface area contributed by atoms with Crippen molar-refractivity contribution in [2.24, 2.45) is 0 Å². The summed E-state index contributed by atoms with van der Waals surface area (Å²) >= 11 is 1.46. The molecule has 0 unspecified atom stereocenters. The maximum atomic E-state index is 12.8. The van der Waals surface area contributed by atoms with Crippen molar-refractivity contribution in [2.45, 2.75) is 25.1 Å². The molecule has 0 aromatic carbocycles. The molecule has 0 saturated heterocycles. The van der Waals surface area contributed by atoms with Crippen molar-refractivity contribution in [3.8, 4) is 5.69 Å². The van der Waals surface area contributed by atoms with Crippen molar-refractivity contribution in [1.29, 1.82) is 0 Å². The van der Waals surface area contributed by atoms with E-state index in [0.29, 0.717) is 17.5 Å². The highest BCUT2D eigenvalue weighted by atomic mass is 32.1. The van der Waals surface area contributed by atoms with Crippen molar-refractivity contribution < 1.29 is 13.2 Å². The number of alkyl halides is 3. The van der Waals surface area contributed by atoms with Crippen molar-refractivity contribution in [2.75, 3.05) is 5.32 Å². The Balaban J connectivity index is 1.93. The summed E-state index contributed by atoms with van der Waals surface area (Å²) in [4.78, 5) is 11.4. The number of rotatable bonds is 3. The summed E-state index contributed by atoms with van der Waals surface area (Å²) in [5.74, 6) is -0.654. The van der Waals surface area contributed by atoms with E-state index >= 15 is 0 Å². The van der Waals surface area contributed by atoms with Crippen LogP contribution in [0.4, 0.5) is 19.1 Å². The molecule has 3 heterocycles. The lowest BCUT2D eigenvalue weighted by atomic mass is 10.4. The second kappa shape index (κ2) is 4.67. The van der Waals surface area contributed by atoms with Crippen LogP contribution in [0.1, 0.15) is 18.7 Å². The molecule has 3 aromatic heterocycles. The normalized spacial score (nSPS) is 15.4. The molecule has 5 nitrogen and oxygen atoms in total. The minimum absolute atomic E-state index is 0.156. The van der Waals surface area contributed by atoms with Gasteiger partial charge >= 0.3 is 6.18 Å². The molecule has 3 aromatic rings. The van der Waals surface area contributed by atoms with E-state index in [1.165, 1.54) is 11.3 Å². The quantitative estimate of drug-likeness (QED) is 0.801. The Hall–Kier alpha value is -2.16. The fourth-order valence-electron chi connectivity index (χ4n) is 2.15. The molecule has 1 saturated carbocycles. The van der Waals surface area contributed by atoms with Gasteiger partial charge in [0.2, 0.25) is 11.8 Å². The SMILES string of the molecule is FC(F)(F)c1ncc2nc(NC3CC3)n(-c3ccsc3)c2n1. The van der Waals surface area contributed by atoms with Gasteiger partial charge in [-0.2, -0.15) is 24.5 Å². The summed E-state index contributed by atoms with van der Waals surface area (Å²) in [5.41, 5.74) is 1.23. The number of hydrogen-bond donors (Lipinski definition) is 1. The number of halogens is 3. The molecular formula is C13H10F3N5S. The molecule has 22 heavy (non-hydrogen) atoms. The summed E-state index contributed by atoms with van der Waals surface area (Å²) < 4.78 is 40.2. The molecule has 1 aliphatic carbocycles. The zero-order valence-corrected chi connectivity index (χ0v) is 11.9. The zero-order chi connectivity index (χ0) is 15.3. The molecule has 0 amide bonds. The Labute approximate surface area is 126 Å². The minimum Gasteiger partial charge on any atom is -0.353 e. The van der Waals surface area contributed by atoms with E-state index in [0.717, 1.165) is 24.7 Å². The largest absolute Gasteiger partial charge is 0.451 e. The Morgan fingerprint density at radius 2 is 2.09 bits per heavy atom. The van der Waals surface area contributed by atoms with Crippen molar-refractivity contribution in [3.05, 3.63) is 28.8 Å². The van der Waals surface area contributed by atoms with Gasteiger partial charge in [-0.3, -0.25) is 4.57 Å². The van der Waals surface area contributed by atoms with Crippen molar-refractivity contribution >= 4 is 28.4 Å². The number of fused-ring (bicyclic) bond motifs is 1. The van der Waals surface area contributed by atoms with Gasteiger partial charge in [-0.1, -0.05) is 0 Å². The number of nitrogens with one attached hydrogen (secondary N) is 1. The maximum absolute atomic E-state index is 12.8. The highest BCUT2D eigenvalue weighted by molar-refractivity contribution is 7.08. The fraction of sp³-hybridized carbons (Fsp3) is 0.308.